The Morgan fingerprint density at radius 2 is 0.787 bits per heavy atom. The van der Waals surface area contributed by atoms with Crippen molar-refractivity contribution < 1.29 is 9.47 Å². The maximum atomic E-state index is 8.94. The second-order valence-corrected chi connectivity index (χ2v) is 11.9. The molecule has 0 heterocycles. The van der Waals surface area contributed by atoms with Gasteiger partial charge < -0.3 is 9.47 Å². The van der Waals surface area contributed by atoms with E-state index < -0.39 is 0 Å². The van der Waals surface area contributed by atoms with Crippen LogP contribution in [0.15, 0.2) is 146 Å². The zero-order valence-corrected chi connectivity index (χ0v) is 26.4. The average molecular weight is 611 g/mol. The molecule has 0 unspecified atom stereocenters. The van der Waals surface area contributed by atoms with Crippen LogP contribution in [0.3, 0.4) is 0 Å². The highest BCUT2D eigenvalue weighted by Crippen LogP contribution is 2.45. The molecule has 0 N–H and O–H groups in total. The largest absolute Gasteiger partial charge is 0.388 e. The molecule has 0 saturated heterocycles. The van der Waals surface area contributed by atoms with Crippen LogP contribution in [0.2, 0.25) is 0 Å². The molecule has 0 fully saturated rings. The maximum Gasteiger partial charge on any atom is 0.292 e. The highest BCUT2D eigenvalue weighted by Gasteiger charge is 2.24. The van der Waals surface area contributed by atoms with Crippen LogP contribution in [-0.2, 0) is 0 Å². The summed E-state index contributed by atoms with van der Waals surface area (Å²) in [6.45, 7) is 4.58. The number of benzene rings is 6. The first kappa shape index (κ1) is 30.9. The summed E-state index contributed by atoms with van der Waals surface area (Å²) < 4.78 is 10.1. The van der Waals surface area contributed by atoms with E-state index in [4.69, 9.17) is 20.0 Å². The Morgan fingerprint density at radius 1 is 0.447 bits per heavy atom. The summed E-state index contributed by atoms with van der Waals surface area (Å²) in [6.07, 6.45) is 4.47. The van der Waals surface area contributed by atoms with E-state index in [1.54, 1.807) is 12.5 Å². The molecular weight excluding hydrogens is 576 g/mol. The van der Waals surface area contributed by atoms with Gasteiger partial charge in [0.1, 0.15) is 11.5 Å². The van der Waals surface area contributed by atoms with Gasteiger partial charge in [-0.15, -0.1) is 10.5 Å². The van der Waals surface area contributed by atoms with Gasteiger partial charge in [-0.05, 0) is 92.2 Å². The molecule has 47 heavy (non-hydrogen) atoms. The lowest BCUT2D eigenvalue weighted by atomic mass is 9.77. The third-order valence-electron chi connectivity index (χ3n) is 8.47. The van der Waals surface area contributed by atoms with Crippen LogP contribution in [0, 0.1) is 29.0 Å². The first-order valence-corrected chi connectivity index (χ1v) is 15.8. The van der Waals surface area contributed by atoms with Crippen LogP contribution in [0.4, 0.5) is 0 Å². The molecule has 6 aromatic carbocycles. The van der Waals surface area contributed by atoms with Gasteiger partial charge in [0.25, 0.3) is 12.5 Å². The van der Waals surface area contributed by atoms with Gasteiger partial charge in [0.15, 0.2) is 0 Å². The monoisotopic (exact) mass is 610 g/mol. The van der Waals surface area contributed by atoms with E-state index in [0.717, 1.165) is 39.8 Å². The van der Waals surface area contributed by atoms with Gasteiger partial charge in [-0.3, -0.25) is 0 Å². The fraction of sp³-hybridized carbons (Fsp3) is 0.116. The minimum Gasteiger partial charge on any atom is -0.388 e. The molecule has 0 aliphatic heterocycles. The van der Waals surface area contributed by atoms with Crippen molar-refractivity contribution in [3.05, 3.63) is 157 Å². The molecule has 0 spiro atoms. The number of ether oxygens (including phenoxy) is 2. The molecule has 0 atom stereocenters. The van der Waals surface area contributed by atoms with E-state index in [9.17, 15) is 0 Å². The van der Waals surface area contributed by atoms with Crippen molar-refractivity contribution in [3.63, 3.8) is 0 Å². The predicted molar refractivity (Wildman–Crippen MR) is 188 cm³/mol. The lowest BCUT2D eigenvalue weighted by Crippen LogP contribution is -2.09. The Morgan fingerprint density at radius 3 is 1.15 bits per heavy atom. The standard InChI is InChI=1S/C43H34N2O2/c1-30(2)27-43(41-17-9-7-15-39(41)37-13-5-3-11-35(37)31-19-23-33(24-20-31)46-28-44)42-18-10-8-16-40(42)38-14-6-4-12-36(38)32-21-25-34(26-22-32)47-29-45/h3-26,30,43H,27H2,1-2H3. The first-order valence-electron chi connectivity index (χ1n) is 15.8. The van der Waals surface area contributed by atoms with Crippen molar-refractivity contribution in [3.8, 4) is 68.5 Å². The summed E-state index contributed by atoms with van der Waals surface area (Å²) in [7, 11) is 0. The lowest BCUT2D eigenvalue weighted by molar-refractivity contribution is 0.507. The molecule has 0 aliphatic carbocycles. The zero-order chi connectivity index (χ0) is 32.6. The van der Waals surface area contributed by atoms with Crippen molar-refractivity contribution in [1.82, 2.24) is 0 Å². The highest BCUT2D eigenvalue weighted by atomic mass is 16.5. The van der Waals surface area contributed by atoms with Gasteiger partial charge in [-0.25, -0.2) is 0 Å². The molecular formula is C43H34N2O2. The Labute approximate surface area is 276 Å². The molecule has 0 bridgehead atoms. The summed E-state index contributed by atoms with van der Waals surface area (Å²) in [6, 6.07) is 49.9. The van der Waals surface area contributed by atoms with Crippen molar-refractivity contribution in [1.29, 1.82) is 10.5 Å². The second-order valence-electron chi connectivity index (χ2n) is 11.9. The van der Waals surface area contributed by atoms with Gasteiger partial charge in [-0.2, -0.15) is 0 Å². The number of hydrogen-bond donors (Lipinski definition) is 0. The van der Waals surface area contributed by atoms with Gasteiger partial charge in [0, 0.05) is 5.92 Å². The summed E-state index contributed by atoms with van der Waals surface area (Å²) in [5.41, 5.74) is 11.6. The Hall–Kier alpha value is -6.10. The summed E-state index contributed by atoms with van der Waals surface area (Å²) in [5.74, 6) is 1.62. The quantitative estimate of drug-likeness (QED) is 0.145. The fourth-order valence-corrected chi connectivity index (χ4v) is 6.44. The van der Waals surface area contributed by atoms with Crippen LogP contribution in [0.1, 0.15) is 37.3 Å². The number of nitriles is 2. The topological polar surface area (TPSA) is 66.0 Å². The van der Waals surface area contributed by atoms with E-state index in [-0.39, 0.29) is 5.92 Å². The minimum atomic E-state index is 0.126. The van der Waals surface area contributed by atoms with Crippen molar-refractivity contribution in [2.24, 2.45) is 5.92 Å². The third kappa shape index (κ3) is 6.79. The van der Waals surface area contributed by atoms with E-state index in [1.165, 1.54) is 22.3 Å². The van der Waals surface area contributed by atoms with Crippen molar-refractivity contribution >= 4 is 0 Å². The maximum absolute atomic E-state index is 8.94. The number of rotatable bonds is 10. The molecule has 0 aliphatic rings. The molecule has 0 amide bonds. The zero-order valence-electron chi connectivity index (χ0n) is 26.4. The molecule has 4 heteroatoms. The van der Waals surface area contributed by atoms with Crippen LogP contribution >= 0.6 is 0 Å². The summed E-state index contributed by atoms with van der Waals surface area (Å²) in [4.78, 5) is 0. The van der Waals surface area contributed by atoms with E-state index in [2.05, 4.69) is 111 Å². The van der Waals surface area contributed by atoms with Crippen LogP contribution in [0.5, 0.6) is 11.5 Å². The van der Waals surface area contributed by atoms with Gasteiger partial charge in [0.2, 0.25) is 0 Å². The molecule has 0 aromatic heterocycles. The van der Waals surface area contributed by atoms with Crippen LogP contribution in [0.25, 0.3) is 44.5 Å². The normalized spacial score (nSPS) is 10.8. The Kier molecular flexibility index (Phi) is 9.43. The van der Waals surface area contributed by atoms with Crippen molar-refractivity contribution in [2.45, 2.75) is 26.2 Å². The molecule has 228 valence electrons. The van der Waals surface area contributed by atoms with Gasteiger partial charge in [-0.1, -0.05) is 135 Å². The van der Waals surface area contributed by atoms with Gasteiger partial charge >= 0.3 is 0 Å². The number of hydrogen-bond acceptors (Lipinski definition) is 4. The van der Waals surface area contributed by atoms with Crippen LogP contribution < -0.4 is 9.47 Å². The Balaban J connectivity index is 1.49. The average Bonchev–Trinajstić information content (AvgIpc) is 3.12. The van der Waals surface area contributed by atoms with Crippen molar-refractivity contribution in [2.75, 3.05) is 0 Å². The van der Waals surface area contributed by atoms with E-state index in [1.807, 2.05) is 48.5 Å². The summed E-state index contributed by atoms with van der Waals surface area (Å²) >= 11 is 0. The molecule has 6 rings (SSSR count). The molecule has 0 saturated carbocycles. The molecule has 6 aromatic rings. The lowest BCUT2D eigenvalue weighted by Gasteiger charge is -2.27. The highest BCUT2D eigenvalue weighted by molar-refractivity contribution is 5.88. The smallest absolute Gasteiger partial charge is 0.292 e. The Bertz CT molecular complexity index is 1920. The van der Waals surface area contributed by atoms with E-state index >= 15 is 0 Å². The van der Waals surface area contributed by atoms with Gasteiger partial charge in [0.05, 0.1) is 0 Å². The van der Waals surface area contributed by atoms with E-state index in [0.29, 0.717) is 17.4 Å². The minimum absolute atomic E-state index is 0.126. The fourth-order valence-electron chi connectivity index (χ4n) is 6.44. The predicted octanol–water partition coefficient (Wildman–Crippen LogP) is 11.3. The second kappa shape index (κ2) is 14.3. The number of nitrogens with zero attached hydrogens (tertiary/aromatic N) is 2. The molecule has 0 radical (unpaired) electrons. The third-order valence-corrected chi connectivity index (χ3v) is 8.47. The SMILES string of the molecule is CC(C)CC(c1ccccc1-c1ccccc1-c1ccc(OC#N)cc1)c1ccccc1-c1ccccc1-c1ccc(OC#N)cc1. The first-order chi connectivity index (χ1) is 23.1. The van der Waals surface area contributed by atoms with Crippen LogP contribution in [-0.4, -0.2) is 0 Å². The summed E-state index contributed by atoms with van der Waals surface area (Å²) in [5, 5.41) is 17.9. The molecule has 4 nitrogen and oxygen atoms in total.